The van der Waals surface area contributed by atoms with E-state index in [0.29, 0.717) is 0 Å². The first-order valence-electron chi connectivity index (χ1n) is 4.47. The van der Waals surface area contributed by atoms with Crippen molar-refractivity contribution in [2.45, 2.75) is 19.4 Å². The topological polar surface area (TPSA) is 34.1 Å². The molecule has 1 saturated heterocycles. The third-order valence-corrected chi connectivity index (χ3v) is 2.20. The van der Waals surface area contributed by atoms with Gasteiger partial charge >= 0.3 is 0 Å². The first kappa shape index (κ1) is 8.51. The Morgan fingerprint density at radius 1 is 1.46 bits per heavy atom. The van der Waals surface area contributed by atoms with Crippen LogP contribution in [0.2, 0.25) is 0 Å². The molecule has 0 atom stereocenters. The fourth-order valence-corrected chi connectivity index (χ4v) is 1.37. The number of hydrogen-bond donors (Lipinski definition) is 1. The van der Waals surface area contributed by atoms with Gasteiger partial charge in [0.2, 0.25) is 0 Å². The minimum atomic E-state index is 0.108. The van der Waals surface area contributed by atoms with Crippen LogP contribution in [0, 0.1) is 6.92 Å². The van der Waals surface area contributed by atoms with Crippen molar-refractivity contribution < 1.29 is 4.74 Å². The highest BCUT2D eigenvalue weighted by molar-refractivity contribution is 5.44. The van der Waals surface area contributed by atoms with E-state index in [-0.39, 0.29) is 5.54 Å². The molecule has 3 nitrogen and oxygen atoms in total. The molecule has 13 heavy (non-hydrogen) atoms. The summed E-state index contributed by atoms with van der Waals surface area (Å²) >= 11 is 0. The number of aryl methyl sites for hydroxylation is 1. The second kappa shape index (κ2) is 3.00. The smallest absolute Gasteiger partial charge is 0.0812 e. The van der Waals surface area contributed by atoms with Gasteiger partial charge in [0.25, 0.3) is 0 Å². The van der Waals surface area contributed by atoms with Crippen molar-refractivity contribution in [1.29, 1.82) is 0 Å². The largest absolute Gasteiger partial charge is 0.376 e. The van der Waals surface area contributed by atoms with Gasteiger partial charge in [0, 0.05) is 5.69 Å². The molecule has 3 heteroatoms. The highest BCUT2D eigenvalue weighted by Gasteiger charge is 2.32. The summed E-state index contributed by atoms with van der Waals surface area (Å²) in [6.07, 6.45) is 1.86. The Hall–Kier alpha value is -1.09. The Labute approximate surface area is 78.1 Å². The van der Waals surface area contributed by atoms with E-state index in [0.717, 1.165) is 24.6 Å². The Balaban J connectivity index is 2.05. The molecule has 2 heterocycles. The van der Waals surface area contributed by atoms with Crippen molar-refractivity contribution in [1.82, 2.24) is 4.98 Å². The third-order valence-electron chi connectivity index (χ3n) is 2.20. The maximum absolute atomic E-state index is 5.15. The molecule has 0 radical (unpaired) electrons. The van der Waals surface area contributed by atoms with E-state index in [9.17, 15) is 0 Å². The number of aromatic nitrogens is 1. The van der Waals surface area contributed by atoms with E-state index in [1.54, 1.807) is 0 Å². The molecule has 1 aliphatic rings. The van der Waals surface area contributed by atoms with Gasteiger partial charge in [-0.25, -0.2) is 0 Å². The quantitative estimate of drug-likeness (QED) is 0.746. The van der Waals surface area contributed by atoms with Crippen LogP contribution in [0.1, 0.15) is 12.6 Å². The lowest BCUT2D eigenvalue weighted by atomic mass is 10.0. The summed E-state index contributed by atoms with van der Waals surface area (Å²) in [4.78, 5) is 4.22. The molecule has 0 saturated carbocycles. The van der Waals surface area contributed by atoms with Crippen LogP contribution >= 0.6 is 0 Å². The first-order chi connectivity index (χ1) is 6.18. The summed E-state index contributed by atoms with van der Waals surface area (Å²) < 4.78 is 5.15. The van der Waals surface area contributed by atoms with Crippen molar-refractivity contribution in [3.63, 3.8) is 0 Å². The maximum atomic E-state index is 5.15. The van der Waals surface area contributed by atoms with Gasteiger partial charge in [0.05, 0.1) is 30.6 Å². The Morgan fingerprint density at radius 3 is 2.69 bits per heavy atom. The molecule has 0 bridgehead atoms. The predicted octanol–water partition coefficient (Wildman–Crippen LogP) is 1.59. The van der Waals surface area contributed by atoms with Crippen molar-refractivity contribution in [3.8, 4) is 0 Å². The summed E-state index contributed by atoms with van der Waals surface area (Å²) in [6.45, 7) is 5.69. The van der Waals surface area contributed by atoms with Gasteiger partial charge in [-0.15, -0.1) is 0 Å². The van der Waals surface area contributed by atoms with E-state index < -0.39 is 0 Å². The van der Waals surface area contributed by atoms with E-state index in [1.165, 1.54) is 0 Å². The van der Waals surface area contributed by atoms with Crippen LogP contribution in [-0.2, 0) is 4.74 Å². The molecule has 0 aromatic carbocycles. The fraction of sp³-hybridized carbons (Fsp3) is 0.500. The van der Waals surface area contributed by atoms with Crippen LogP contribution < -0.4 is 5.32 Å². The van der Waals surface area contributed by atoms with E-state index in [1.807, 2.05) is 25.3 Å². The van der Waals surface area contributed by atoms with E-state index >= 15 is 0 Å². The molecular weight excluding hydrogens is 164 g/mol. The fourth-order valence-electron chi connectivity index (χ4n) is 1.37. The van der Waals surface area contributed by atoms with Crippen molar-refractivity contribution in [3.05, 3.63) is 24.0 Å². The zero-order valence-electron chi connectivity index (χ0n) is 8.00. The number of pyridine rings is 1. The molecule has 1 aliphatic heterocycles. The summed E-state index contributed by atoms with van der Waals surface area (Å²) in [5.41, 5.74) is 2.22. The molecule has 1 N–H and O–H groups in total. The molecule has 1 aromatic rings. The molecule has 1 aromatic heterocycles. The number of hydrogen-bond acceptors (Lipinski definition) is 3. The normalized spacial score (nSPS) is 19.2. The van der Waals surface area contributed by atoms with Crippen LogP contribution in [0.4, 0.5) is 5.69 Å². The molecule has 70 valence electrons. The van der Waals surface area contributed by atoms with Crippen molar-refractivity contribution in [2.75, 3.05) is 18.5 Å². The van der Waals surface area contributed by atoms with Crippen LogP contribution in [0.5, 0.6) is 0 Å². The molecule has 2 rings (SSSR count). The van der Waals surface area contributed by atoms with Gasteiger partial charge < -0.3 is 10.1 Å². The molecule has 0 amide bonds. The van der Waals surface area contributed by atoms with E-state index in [4.69, 9.17) is 4.74 Å². The molecule has 0 spiro atoms. The first-order valence-corrected chi connectivity index (χ1v) is 4.47. The Morgan fingerprint density at radius 2 is 2.23 bits per heavy atom. The number of nitrogens with zero attached hydrogens (tertiary/aromatic N) is 1. The van der Waals surface area contributed by atoms with Crippen molar-refractivity contribution >= 4 is 5.69 Å². The van der Waals surface area contributed by atoms with Crippen LogP contribution in [0.3, 0.4) is 0 Å². The summed E-state index contributed by atoms with van der Waals surface area (Å²) in [7, 11) is 0. The van der Waals surface area contributed by atoms with Crippen LogP contribution in [0.15, 0.2) is 18.3 Å². The lowest BCUT2D eigenvalue weighted by Gasteiger charge is -2.39. The Kier molecular flexibility index (Phi) is 1.96. The van der Waals surface area contributed by atoms with E-state index in [2.05, 4.69) is 17.2 Å². The highest BCUT2D eigenvalue weighted by Crippen LogP contribution is 2.21. The average Bonchev–Trinajstić information content (AvgIpc) is 2.06. The maximum Gasteiger partial charge on any atom is 0.0812 e. The SMILES string of the molecule is Cc1ccc(NC2(C)COC2)cn1. The van der Waals surface area contributed by atoms with Gasteiger partial charge in [-0.3, -0.25) is 4.98 Å². The van der Waals surface area contributed by atoms with Gasteiger partial charge in [0.1, 0.15) is 0 Å². The predicted molar refractivity (Wildman–Crippen MR) is 51.8 cm³/mol. The standard InChI is InChI=1S/C10H14N2O/c1-8-3-4-9(5-11-8)12-10(2)6-13-7-10/h3-5,12H,6-7H2,1-2H3. The molecule has 0 unspecified atom stereocenters. The van der Waals surface area contributed by atoms with Gasteiger partial charge in [0.15, 0.2) is 0 Å². The second-order valence-electron chi connectivity index (χ2n) is 3.87. The minimum absolute atomic E-state index is 0.108. The summed E-state index contributed by atoms with van der Waals surface area (Å²) in [5, 5.41) is 3.39. The zero-order chi connectivity index (χ0) is 9.31. The zero-order valence-corrected chi connectivity index (χ0v) is 8.00. The lowest BCUT2D eigenvalue weighted by Crippen LogP contribution is -2.53. The molecular formula is C10H14N2O. The number of ether oxygens (including phenoxy) is 1. The highest BCUT2D eigenvalue weighted by atomic mass is 16.5. The van der Waals surface area contributed by atoms with Crippen LogP contribution in [0.25, 0.3) is 0 Å². The lowest BCUT2D eigenvalue weighted by molar-refractivity contribution is -0.0318. The molecule has 1 fully saturated rings. The molecule has 0 aliphatic carbocycles. The number of rotatable bonds is 2. The monoisotopic (exact) mass is 178 g/mol. The summed E-state index contributed by atoms with van der Waals surface area (Å²) in [5.74, 6) is 0. The van der Waals surface area contributed by atoms with Gasteiger partial charge in [-0.2, -0.15) is 0 Å². The van der Waals surface area contributed by atoms with Gasteiger partial charge in [-0.05, 0) is 26.0 Å². The number of nitrogens with one attached hydrogen (secondary N) is 1. The van der Waals surface area contributed by atoms with Crippen molar-refractivity contribution in [2.24, 2.45) is 0 Å². The Bertz CT molecular complexity index is 290. The summed E-state index contributed by atoms with van der Waals surface area (Å²) in [6, 6.07) is 4.05. The second-order valence-corrected chi connectivity index (χ2v) is 3.87. The third kappa shape index (κ3) is 1.80. The average molecular weight is 178 g/mol. The minimum Gasteiger partial charge on any atom is -0.376 e. The van der Waals surface area contributed by atoms with Gasteiger partial charge in [-0.1, -0.05) is 0 Å². The number of anilines is 1. The van der Waals surface area contributed by atoms with Crippen LogP contribution in [-0.4, -0.2) is 23.7 Å².